The molecule has 0 fully saturated rings. The molecule has 1 aromatic rings. The van der Waals surface area contributed by atoms with Gasteiger partial charge in [0.25, 0.3) is 0 Å². The van der Waals surface area contributed by atoms with Gasteiger partial charge in [-0.1, -0.05) is 55.6 Å². The van der Waals surface area contributed by atoms with Gasteiger partial charge in [0.1, 0.15) is 18.0 Å². The maximum atomic E-state index is 12.5. The van der Waals surface area contributed by atoms with Gasteiger partial charge in [-0.15, -0.1) is 11.6 Å². The molecule has 0 saturated heterocycles. The Morgan fingerprint density at radius 1 is 1.25 bits per heavy atom. The summed E-state index contributed by atoms with van der Waals surface area (Å²) in [5.41, 5.74) is 7.59. The average Bonchev–Trinajstić information content (AvgIpc) is 2.69. The zero-order valence-corrected chi connectivity index (χ0v) is 17.5. The summed E-state index contributed by atoms with van der Waals surface area (Å²) < 4.78 is 35.5. The molecule has 0 saturated carbocycles. The summed E-state index contributed by atoms with van der Waals surface area (Å²) >= 11 is 5.65. The summed E-state index contributed by atoms with van der Waals surface area (Å²) in [6.45, 7) is 9.98. The van der Waals surface area contributed by atoms with Crippen LogP contribution in [0.5, 0.6) is 0 Å². The molecule has 0 amide bonds. The van der Waals surface area contributed by atoms with Crippen LogP contribution in [0, 0.1) is 0 Å². The molecule has 0 aliphatic carbocycles. The maximum Gasteiger partial charge on any atom is 0.316 e. The predicted molar refractivity (Wildman–Crippen MR) is 112 cm³/mol. The normalized spacial score (nSPS) is 14.9. The van der Waals surface area contributed by atoms with E-state index < -0.39 is 33.8 Å². The summed E-state index contributed by atoms with van der Waals surface area (Å²) in [5, 5.41) is 8.54. The van der Waals surface area contributed by atoms with E-state index in [9.17, 15) is 13.5 Å². The van der Waals surface area contributed by atoms with E-state index in [1.165, 1.54) is 6.92 Å². The van der Waals surface area contributed by atoms with Crippen LogP contribution in [0.4, 0.5) is 0 Å². The van der Waals surface area contributed by atoms with Gasteiger partial charge in [-0.25, -0.2) is 0 Å². The van der Waals surface area contributed by atoms with E-state index in [0.717, 1.165) is 0 Å². The molecule has 6 nitrogen and oxygen atoms in total. The average molecular weight is 428 g/mol. The van der Waals surface area contributed by atoms with Gasteiger partial charge in [-0.3, -0.25) is 0 Å². The van der Waals surface area contributed by atoms with Gasteiger partial charge in [0.15, 0.2) is 0 Å². The van der Waals surface area contributed by atoms with Crippen LogP contribution < -0.4 is 5.73 Å². The maximum absolute atomic E-state index is 12.5. The van der Waals surface area contributed by atoms with Gasteiger partial charge in [0.05, 0.1) is 0 Å². The summed E-state index contributed by atoms with van der Waals surface area (Å²) in [6.07, 6.45) is 2.75. The first-order valence-electron chi connectivity index (χ1n) is 8.47. The first-order valence-corrected chi connectivity index (χ1v) is 10.5. The van der Waals surface area contributed by atoms with E-state index in [-0.39, 0.29) is 11.8 Å². The standard InChI is InChI=1S/C20H26ClNO5S/c1-14(12-21)10-11-15(2)16(3)26-20(22)19(13-23)27-28(24,25)17(4)18-8-6-5-7-9-18/h5-11,16-17,23H,1-2,12-13,22H2,3-4H3/b11-10-,20-19+. The summed E-state index contributed by atoms with van der Waals surface area (Å²) in [4.78, 5) is 0. The molecule has 0 spiro atoms. The van der Waals surface area contributed by atoms with Crippen molar-refractivity contribution in [2.45, 2.75) is 25.2 Å². The Hall–Kier alpha value is -2.22. The van der Waals surface area contributed by atoms with E-state index in [1.807, 2.05) is 0 Å². The molecule has 3 N–H and O–H groups in total. The van der Waals surface area contributed by atoms with Crippen LogP contribution in [0.25, 0.3) is 0 Å². The number of benzene rings is 1. The highest BCUT2D eigenvalue weighted by Gasteiger charge is 2.27. The molecule has 1 rings (SSSR count). The smallest absolute Gasteiger partial charge is 0.316 e. The van der Waals surface area contributed by atoms with Crippen molar-refractivity contribution in [3.63, 3.8) is 0 Å². The summed E-state index contributed by atoms with van der Waals surface area (Å²) in [6, 6.07) is 8.56. The molecule has 0 aliphatic heterocycles. The molecule has 1 aromatic carbocycles. The van der Waals surface area contributed by atoms with Crippen LogP contribution in [0.3, 0.4) is 0 Å². The van der Waals surface area contributed by atoms with Gasteiger partial charge in [-0.2, -0.15) is 8.42 Å². The number of nitrogens with two attached hydrogens (primary N) is 1. The number of ether oxygens (including phenoxy) is 1. The molecule has 0 aliphatic rings. The van der Waals surface area contributed by atoms with Crippen LogP contribution in [-0.4, -0.2) is 32.1 Å². The van der Waals surface area contributed by atoms with Gasteiger partial charge >= 0.3 is 10.1 Å². The largest absolute Gasteiger partial charge is 0.469 e. The minimum absolute atomic E-state index is 0.279. The topological polar surface area (TPSA) is 98.8 Å². The fourth-order valence-electron chi connectivity index (χ4n) is 1.99. The van der Waals surface area contributed by atoms with Crippen LogP contribution in [-0.2, 0) is 19.0 Å². The Balaban J connectivity index is 2.91. The summed E-state index contributed by atoms with van der Waals surface area (Å²) in [7, 11) is -4.09. The predicted octanol–water partition coefficient (Wildman–Crippen LogP) is 3.53. The van der Waals surface area contributed by atoms with Crippen molar-refractivity contribution in [2.75, 3.05) is 12.5 Å². The third-order valence-corrected chi connectivity index (χ3v) is 5.78. The molecular weight excluding hydrogens is 402 g/mol. The number of hydrogen-bond acceptors (Lipinski definition) is 6. The molecule has 8 heteroatoms. The third-order valence-electron chi connectivity index (χ3n) is 3.87. The number of allylic oxidation sites excluding steroid dienone is 2. The molecule has 154 valence electrons. The van der Waals surface area contributed by atoms with Crippen molar-refractivity contribution in [3.05, 3.63) is 84.0 Å². The molecule has 0 heterocycles. The molecular formula is C20H26ClNO5S. The minimum Gasteiger partial charge on any atom is -0.469 e. The second kappa shape index (κ2) is 10.9. The zero-order chi connectivity index (χ0) is 21.3. The van der Waals surface area contributed by atoms with E-state index in [1.54, 1.807) is 49.4 Å². The van der Waals surface area contributed by atoms with E-state index in [2.05, 4.69) is 13.2 Å². The van der Waals surface area contributed by atoms with Crippen molar-refractivity contribution < 1.29 is 22.4 Å². The Kier molecular flexibility index (Phi) is 9.31. The molecule has 0 bridgehead atoms. The first-order chi connectivity index (χ1) is 13.1. The number of aliphatic hydroxyl groups is 1. The fraction of sp³-hybridized carbons (Fsp3) is 0.300. The fourth-order valence-corrected chi connectivity index (χ4v) is 3.12. The van der Waals surface area contributed by atoms with Gasteiger partial charge in [-0.05, 0) is 30.6 Å². The second-order valence-corrected chi connectivity index (χ2v) is 8.16. The first kappa shape index (κ1) is 23.8. The molecule has 0 radical (unpaired) electrons. The highest BCUT2D eigenvalue weighted by molar-refractivity contribution is 7.87. The van der Waals surface area contributed by atoms with Crippen LogP contribution in [0.15, 0.2) is 78.4 Å². The summed E-state index contributed by atoms with van der Waals surface area (Å²) in [5.74, 6) is -0.456. The Bertz CT molecular complexity index is 847. The van der Waals surface area contributed by atoms with Crippen molar-refractivity contribution in [3.8, 4) is 0 Å². The SMILES string of the molecule is C=C(/C=C\C(=C)C(C)O/C(N)=C(\CO)OS(=O)(=O)C(C)c1ccccc1)CCl. The van der Waals surface area contributed by atoms with Crippen molar-refractivity contribution in [1.29, 1.82) is 0 Å². The lowest BCUT2D eigenvalue weighted by Crippen LogP contribution is -2.21. The van der Waals surface area contributed by atoms with Gasteiger partial charge in [0, 0.05) is 5.88 Å². The quantitative estimate of drug-likeness (QED) is 0.242. The van der Waals surface area contributed by atoms with Crippen molar-refractivity contribution in [2.24, 2.45) is 5.73 Å². The lowest BCUT2D eigenvalue weighted by Gasteiger charge is -2.19. The van der Waals surface area contributed by atoms with Gasteiger partial charge < -0.3 is 19.8 Å². The van der Waals surface area contributed by atoms with Crippen molar-refractivity contribution >= 4 is 21.7 Å². The number of hydrogen-bond donors (Lipinski definition) is 2. The van der Waals surface area contributed by atoms with E-state index in [0.29, 0.717) is 16.7 Å². The molecule has 2 unspecified atom stereocenters. The Morgan fingerprint density at radius 3 is 2.39 bits per heavy atom. The number of alkyl halides is 1. The Labute approximate surface area is 171 Å². The number of halogens is 1. The van der Waals surface area contributed by atoms with Crippen LogP contribution >= 0.6 is 11.6 Å². The minimum atomic E-state index is -4.09. The lowest BCUT2D eigenvalue weighted by molar-refractivity contribution is 0.137. The molecule has 0 aromatic heterocycles. The van der Waals surface area contributed by atoms with Crippen LogP contribution in [0.2, 0.25) is 0 Å². The van der Waals surface area contributed by atoms with E-state index >= 15 is 0 Å². The lowest BCUT2D eigenvalue weighted by atomic mass is 10.1. The van der Waals surface area contributed by atoms with Crippen LogP contribution in [0.1, 0.15) is 24.7 Å². The molecule has 28 heavy (non-hydrogen) atoms. The highest BCUT2D eigenvalue weighted by atomic mass is 35.5. The highest BCUT2D eigenvalue weighted by Crippen LogP contribution is 2.25. The number of rotatable bonds is 11. The van der Waals surface area contributed by atoms with Crippen molar-refractivity contribution in [1.82, 2.24) is 0 Å². The number of aliphatic hydroxyl groups excluding tert-OH is 1. The monoisotopic (exact) mass is 427 g/mol. The third kappa shape index (κ3) is 7.07. The van der Waals surface area contributed by atoms with Gasteiger partial charge in [0.2, 0.25) is 11.6 Å². The molecule has 2 atom stereocenters. The Morgan fingerprint density at radius 2 is 1.86 bits per heavy atom. The second-order valence-electron chi connectivity index (χ2n) is 6.03. The van der Waals surface area contributed by atoms with E-state index in [4.69, 9.17) is 26.3 Å². The zero-order valence-electron chi connectivity index (χ0n) is 16.0.